The molecule has 1 N–H and O–H groups in total. The number of pyridine rings is 1. The lowest BCUT2D eigenvalue weighted by Crippen LogP contribution is -2.59. The summed E-state index contributed by atoms with van der Waals surface area (Å²) in [6, 6.07) is 17.1. The van der Waals surface area contributed by atoms with Gasteiger partial charge in [-0.1, -0.05) is 35.3 Å². The van der Waals surface area contributed by atoms with Crippen LogP contribution in [0.25, 0.3) is 11.0 Å². The van der Waals surface area contributed by atoms with Crippen LogP contribution in [0.5, 0.6) is 11.5 Å². The van der Waals surface area contributed by atoms with Crippen molar-refractivity contribution in [3.05, 3.63) is 111 Å². The minimum atomic E-state index is -1.37. The first-order valence-corrected chi connectivity index (χ1v) is 16.3. The van der Waals surface area contributed by atoms with Crippen LogP contribution in [-0.4, -0.2) is 68.9 Å². The molecular weight excluding hydrogens is 660 g/mol. The molecule has 0 bridgehead atoms. The number of halogens is 3. The van der Waals surface area contributed by atoms with Crippen molar-refractivity contribution in [1.82, 2.24) is 19.4 Å². The van der Waals surface area contributed by atoms with E-state index in [0.717, 1.165) is 17.1 Å². The van der Waals surface area contributed by atoms with E-state index < -0.39 is 17.6 Å². The van der Waals surface area contributed by atoms with E-state index in [1.54, 1.807) is 37.5 Å². The van der Waals surface area contributed by atoms with Gasteiger partial charge in [0.15, 0.2) is 11.5 Å². The Balaban J connectivity index is 1.10. The van der Waals surface area contributed by atoms with Gasteiger partial charge in [-0.25, -0.2) is 14.2 Å². The van der Waals surface area contributed by atoms with Gasteiger partial charge >= 0.3 is 5.97 Å². The number of anilines is 1. The highest BCUT2D eigenvalue weighted by Gasteiger charge is 2.46. The number of hydrogen-bond donors (Lipinski definition) is 1. The van der Waals surface area contributed by atoms with Crippen molar-refractivity contribution in [1.29, 1.82) is 0 Å². The Hall–Kier alpha value is -4.42. The highest BCUT2D eigenvalue weighted by molar-refractivity contribution is 6.35. The van der Waals surface area contributed by atoms with Gasteiger partial charge in [-0.05, 0) is 54.1 Å². The van der Waals surface area contributed by atoms with Gasteiger partial charge < -0.3 is 28.8 Å². The van der Waals surface area contributed by atoms with E-state index in [4.69, 9.17) is 42.4 Å². The number of aromatic carboxylic acids is 1. The second-order valence-electron chi connectivity index (χ2n) is 12.3. The van der Waals surface area contributed by atoms with Crippen molar-refractivity contribution in [2.75, 3.05) is 31.2 Å². The number of para-hydroxylation sites is 1. The Morgan fingerprint density at radius 3 is 2.69 bits per heavy atom. The number of ether oxygens (including phenoxy) is 3. The summed E-state index contributed by atoms with van der Waals surface area (Å²) in [5, 5.41) is 10.3. The topological polar surface area (TPSA) is 102 Å². The SMILES string of the molecule is C[C@]1(c2ccc(Cl)cc2F)Oc2cccc(N3CCN(Cc4nc5c(Cl)cc(C(=O)O)cc5n4Cc4cccnc4)[C@H]4COC[C@H]43)c2O1. The van der Waals surface area contributed by atoms with Crippen molar-refractivity contribution in [2.24, 2.45) is 0 Å². The van der Waals surface area contributed by atoms with Gasteiger partial charge in [0.05, 0.1) is 65.7 Å². The van der Waals surface area contributed by atoms with Crippen LogP contribution in [0.1, 0.15) is 34.2 Å². The molecule has 2 aromatic heterocycles. The van der Waals surface area contributed by atoms with E-state index in [0.29, 0.717) is 66.9 Å². The number of carboxylic acid groups (broad SMARTS) is 1. The summed E-state index contributed by atoms with van der Waals surface area (Å²) in [6.07, 6.45) is 3.50. The van der Waals surface area contributed by atoms with Crippen molar-refractivity contribution < 1.29 is 28.5 Å². The number of carbonyl (C=O) groups is 1. The standard InChI is InChI=1S/C35H30Cl2FN5O5/c1-35(23-8-7-22(36)14-25(23)38)47-30-6-2-5-26(33(30)48-35)42-11-10-41(28-18-46-19-29(28)42)17-31-40-32-24(37)12-21(34(44)45)13-27(32)43(31)16-20-4-3-9-39-15-20/h2-9,12-15,28-29H,10-11,16-19H2,1H3,(H,44,45)/t28-,29+,35-/m0/s1. The molecule has 0 spiro atoms. The van der Waals surface area contributed by atoms with Crippen molar-refractivity contribution in [3.8, 4) is 11.5 Å². The fraction of sp³-hybridized carbons (Fsp3) is 0.286. The quantitative estimate of drug-likeness (QED) is 0.209. The maximum atomic E-state index is 15.0. The van der Waals surface area contributed by atoms with Gasteiger partial charge in [0.2, 0.25) is 0 Å². The summed E-state index contributed by atoms with van der Waals surface area (Å²) in [5.74, 6) is -1.09. The average Bonchev–Trinajstić information content (AvgIpc) is 3.78. The predicted molar refractivity (Wildman–Crippen MR) is 178 cm³/mol. The number of benzene rings is 3. The van der Waals surface area contributed by atoms with Gasteiger partial charge in [-0.3, -0.25) is 9.88 Å². The molecule has 10 nitrogen and oxygen atoms in total. The van der Waals surface area contributed by atoms with Gasteiger partial charge in [0.1, 0.15) is 17.2 Å². The smallest absolute Gasteiger partial charge is 0.335 e. The third-order valence-electron chi connectivity index (χ3n) is 9.35. The third-order valence-corrected chi connectivity index (χ3v) is 9.87. The van der Waals surface area contributed by atoms with Gasteiger partial charge in [0.25, 0.3) is 5.79 Å². The molecule has 5 aromatic rings. The van der Waals surface area contributed by atoms with Crippen LogP contribution in [0.15, 0.2) is 73.1 Å². The molecule has 0 saturated carbocycles. The summed E-state index contributed by atoms with van der Waals surface area (Å²) in [4.78, 5) is 25.8. The Morgan fingerprint density at radius 1 is 1.04 bits per heavy atom. The van der Waals surface area contributed by atoms with Crippen LogP contribution < -0.4 is 14.4 Å². The first-order valence-electron chi connectivity index (χ1n) is 15.5. The number of rotatable bonds is 7. The highest BCUT2D eigenvalue weighted by Crippen LogP contribution is 2.51. The van der Waals surface area contributed by atoms with Crippen molar-refractivity contribution in [2.45, 2.75) is 37.9 Å². The first kappa shape index (κ1) is 30.9. The lowest BCUT2D eigenvalue weighted by atomic mass is 10.0. The molecule has 3 atom stereocenters. The van der Waals surface area contributed by atoms with E-state index >= 15 is 0 Å². The van der Waals surface area contributed by atoms with Crippen LogP contribution in [0.4, 0.5) is 10.1 Å². The zero-order valence-corrected chi connectivity index (χ0v) is 27.3. The number of imidazole rings is 1. The summed E-state index contributed by atoms with van der Waals surface area (Å²) in [5.41, 5.74) is 3.35. The van der Waals surface area contributed by atoms with Crippen LogP contribution in [-0.2, 0) is 23.6 Å². The zero-order valence-electron chi connectivity index (χ0n) is 25.8. The van der Waals surface area contributed by atoms with Gasteiger partial charge in [-0.15, -0.1) is 0 Å². The summed E-state index contributed by atoms with van der Waals surface area (Å²) in [6.45, 7) is 5.01. The molecule has 2 fully saturated rings. The number of nitrogens with zero attached hydrogens (tertiary/aromatic N) is 5. The number of aromatic nitrogens is 3. The summed E-state index contributed by atoms with van der Waals surface area (Å²) >= 11 is 12.6. The maximum Gasteiger partial charge on any atom is 0.335 e. The van der Waals surface area contributed by atoms with Gasteiger partial charge in [0, 0.05) is 37.4 Å². The molecule has 8 rings (SSSR count). The molecule has 3 aromatic carbocycles. The predicted octanol–water partition coefficient (Wildman–Crippen LogP) is 6.36. The van der Waals surface area contributed by atoms with Crippen molar-refractivity contribution >= 4 is 45.9 Å². The van der Waals surface area contributed by atoms with E-state index in [9.17, 15) is 14.3 Å². The molecule has 246 valence electrons. The Morgan fingerprint density at radius 2 is 1.90 bits per heavy atom. The molecule has 0 aliphatic carbocycles. The largest absolute Gasteiger partial charge is 0.478 e. The second kappa shape index (κ2) is 11.9. The average molecular weight is 691 g/mol. The zero-order chi connectivity index (χ0) is 33.2. The third kappa shape index (κ3) is 5.31. The van der Waals surface area contributed by atoms with E-state index in [1.807, 2.05) is 34.9 Å². The fourth-order valence-electron chi connectivity index (χ4n) is 7.05. The van der Waals surface area contributed by atoms with E-state index in [-0.39, 0.29) is 28.2 Å². The molecule has 2 saturated heterocycles. The highest BCUT2D eigenvalue weighted by atomic mass is 35.5. The lowest BCUT2D eigenvalue weighted by Gasteiger charge is -2.44. The van der Waals surface area contributed by atoms with Crippen LogP contribution in [0, 0.1) is 5.82 Å². The maximum absolute atomic E-state index is 15.0. The number of piperazine rings is 1. The Kier molecular flexibility index (Phi) is 7.67. The number of hydrogen-bond acceptors (Lipinski definition) is 8. The van der Waals surface area contributed by atoms with Crippen LogP contribution >= 0.6 is 23.2 Å². The molecule has 5 heterocycles. The fourth-order valence-corrected chi connectivity index (χ4v) is 7.47. The molecule has 48 heavy (non-hydrogen) atoms. The van der Waals surface area contributed by atoms with Gasteiger partial charge in [-0.2, -0.15) is 0 Å². The molecular formula is C35H30Cl2FN5O5. The molecule has 13 heteroatoms. The molecule has 0 radical (unpaired) electrons. The summed E-state index contributed by atoms with van der Waals surface area (Å²) in [7, 11) is 0. The van der Waals surface area contributed by atoms with Crippen LogP contribution in [0.2, 0.25) is 10.0 Å². The monoisotopic (exact) mass is 689 g/mol. The van der Waals surface area contributed by atoms with Crippen LogP contribution in [0.3, 0.4) is 0 Å². The molecule has 3 aliphatic rings. The van der Waals surface area contributed by atoms with E-state index in [2.05, 4.69) is 14.8 Å². The summed E-state index contributed by atoms with van der Waals surface area (Å²) < 4.78 is 35.8. The Bertz CT molecular complexity index is 2060. The number of carboxylic acids is 1. The number of fused-ring (bicyclic) bond motifs is 3. The second-order valence-corrected chi connectivity index (χ2v) is 13.2. The minimum Gasteiger partial charge on any atom is -0.478 e. The molecule has 0 amide bonds. The molecule has 0 unspecified atom stereocenters. The lowest BCUT2D eigenvalue weighted by molar-refractivity contribution is -0.0705. The first-order chi connectivity index (χ1) is 23.2. The molecule has 3 aliphatic heterocycles. The normalized spacial score (nSPS) is 22.0. The van der Waals surface area contributed by atoms with Crippen molar-refractivity contribution in [3.63, 3.8) is 0 Å². The minimum absolute atomic E-state index is 0.00803. The van der Waals surface area contributed by atoms with E-state index in [1.165, 1.54) is 12.1 Å². The Labute approximate surface area is 285 Å².